The molecule has 0 aliphatic carbocycles. The highest BCUT2D eigenvalue weighted by atomic mass is 16.5. The third-order valence-corrected chi connectivity index (χ3v) is 2.86. The molecule has 0 saturated carbocycles. The third-order valence-electron chi connectivity index (χ3n) is 2.86. The van der Waals surface area contributed by atoms with Gasteiger partial charge in [0, 0.05) is 17.2 Å². The van der Waals surface area contributed by atoms with Crippen LogP contribution in [0, 0.1) is 0 Å². The summed E-state index contributed by atoms with van der Waals surface area (Å²) in [5.74, 6) is 0.858. The van der Waals surface area contributed by atoms with Crippen LogP contribution in [0.2, 0.25) is 0 Å². The zero-order valence-electron chi connectivity index (χ0n) is 12.2. The number of hydrogen-bond donors (Lipinski definition) is 2. The summed E-state index contributed by atoms with van der Waals surface area (Å²) in [5.41, 5.74) is 3.42. The van der Waals surface area contributed by atoms with Crippen molar-refractivity contribution in [1.82, 2.24) is 5.43 Å². The van der Waals surface area contributed by atoms with Gasteiger partial charge < -0.3 is 14.6 Å². The first kappa shape index (κ1) is 15.4. The van der Waals surface area contributed by atoms with Crippen molar-refractivity contribution in [1.29, 1.82) is 0 Å². The molecule has 0 fully saturated rings. The Morgan fingerprint density at radius 3 is 2.41 bits per heavy atom. The molecule has 6 nitrogen and oxygen atoms in total. The molecule has 0 bridgehead atoms. The monoisotopic (exact) mass is 300 g/mol. The molecule has 2 aromatic carbocycles. The fourth-order valence-electron chi connectivity index (χ4n) is 1.78. The van der Waals surface area contributed by atoms with Crippen LogP contribution >= 0.6 is 0 Å². The normalized spacial score (nSPS) is 10.5. The van der Waals surface area contributed by atoms with Crippen LogP contribution in [0.1, 0.15) is 15.9 Å². The minimum Gasteiger partial charge on any atom is -0.508 e. The molecule has 0 aliphatic heterocycles. The fraction of sp³-hybridized carbons (Fsp3) is 0.125. The predicted octanol–water partition coefficient (Wildman–Crippen LogP) is 2.17. The molecular weight excluding hydrogens is 284 g/mol. The number of methoxy groups -OCH3 is 2. The fourth-order valence-corrected chi connectivity index (χ4v) is 1.78. The maximum Gasteiger partial charge on any atom is 0.271 e. The van der Waals surface area contributed by atoms with Gasteiger partial charge in [-0.15, -0.1) is 0 Å². The number of hydrazone groups is 1. The zero-order chi connectivity index (χ0) is 15.9. The summed E-state index contributed by atoms with van der Waals surface area (Å²) in [6.07, 6.45) is 1.48. The van der Waals surface area contributed by atoms with Crippen molar-refractivity contribution in [2.75, 3.05) is 14.2 Å². The quantitative estimate of drug-likeness (QED) is 0.655. The zero-order valence-corrected chi connectivity index (χ0v) is 12.2. The Hall–Kier alpha value is -3.02. The second kappa shape index (κ2) is 7.12. The van der Waals surface area contributed by atoms with Gasteiger partial charge in [-0.1, -0.05) is 6.07 Å². The Bertz CT molecular complexity index is 676. The number of amides is 1. The van der Waals surface area contributed by atoms with E-state index in [-0.39, 0.29) is 5.75 Å². The van der Waals surface area contributed by atoms with E-state index in [0.29, 0.717) is 22.6 Å². The van der Waals surface area contributed by atoms with Crippen molar-refractivity contribution in [3.63, 3.8) is 0 Å². The van der Waals surface area contributed by atoms with Crippen LogP contribution in [0.15, 0.2) is 47.6 Å². The Labute approximate surface area is 128 Å². The van der Waals surface area contributed by atoms with Crippen LogP contribution in [0.4, 0.5) is 0 Å². The largest absolute Gasteiger partial charge is 0.508 e. The van der Waals surface area contributed by atoms with E-state index in [1.54, 1.807) is 44.6 Å². The first-order valence-electron chi connectivity index (χ1n) is 6.48. The molecule has 0 heterocycles. The predicted molar refractivity (Wildman–Crippen MR) is 82.7 cm³/mol. The van der Waals surface area contributed by atoms with Gasteiger partial charge >= 0.3 is 0 Å². The van der Waals surface area contributed by atoms with E-state index < -0.39 is 5.91 Å². The molecular formula is C16H16N2O4. The van der Waals surface area contributed by atoms with Crippen LogP contribution < -0.4 is 14.9 Å². The third kappa shape index (κ3) is 3.99. The molecule has 0 atom stereocenters. The van der Waals surface area contributed by atoms with E-state index in [2.05, 4.69) is 10.5 Å². The number of benzene rings is 2. The lowest BCUT2D eigenvalue weighted by atomic mass is 10.2. The van der Waals surface area contributed by atoms with E-state index in [4.69, 9.17) is 9.47 Å². The lowest BCUT2D eigenvalue weighted by Crippen LogP contribution is -2.17. The van der Waals surface area contributed by atoms with Gasteiger partial charge in [-0.3, -0.25) is 4.79 Å². The lowest BCUT2D eigenvalue weighted by molar-refractivity contribution is 0.0954. The number of carbonyl (C=O) groups is 1. The van der Waals surface area contributed by atoms with E-state index in [9.17, 15) is 9.90 Å². The maximum atomic E-state index is 11.8. The first-order chi connectivity index (χ1) is 10.6. The van der Waals surface area contributed by atoms with Gasteiger partial charge in [0.1, 0.15) is 17.2 Å². The first-order valence-corrected chi connectivity index (χ1v) is 6.48. The smallest absolute Gasteiger partial charge is 0.271 e. The molecule has 2 aromatic rings. The second-order valence-corrected chi connectivity index (χ2v) is 4.40. The van der Waals surface area contributed by atoms with E-state index in [1.165, 1.54) is 18.3 Å². The van der Waals surface area contributed by atoms with Gasteiger partial charge in [0.25, 0.3) is 5.91 Å². The molecule has 0 aliphatic rings. The van der Waals surface area contributed by atoms with Crippen molar-refractivity contribution in [3.8, 4) is 17.2 Å². The van der Waals surface area contributed by atoms with Gasteiger partial charge in [0.15, 0.2) is 0 Å². The van der Waals surface area contributed by atoms with Gasteiger partial charge in [-0.05, 0) is 30.3 Å². The summed E-state index contributed by atoms with van der Waals surface area (Å²) < 4.78 is 10.3. The van der Waals surface area contributed by atoms with Crippen molar-refractivity contribution in [2.24, 2.45) is 5.10 Å². The Kier molecular flexibility index (Phi) is 4.98. The summed E-state index contributed by atoms with van der Waals surface area (Å²) in [6, 6.07) is 11.3. The molecule has 2 rings (SSSR count). The van der Waals surface area contributed by atoms with Gasteiger partial charge in [0.2, 0.25) is 0 Å². The van der Waals surface area contributed by atoms with Gasteiger partial charge in [-0.2, -0.15) is 5.10 Å². The molecule has 0 unspecified atom stereocenters. The van der Waals surface area contributed by atoms with Crippen LogP contribution in [0.5, 0.6) is 17.2 Å². The second-order valence-electron chi connectivity index (χ2n) is 4.40. The van der Waals surface area contributed by atoms with E-state index in [0.717, 1.165) is 0 Å². The average molecular weight is 300 g/mol. The minimum absolute atomic E-state index is 0.0224. The molecule has 1 amide bonds. The molecule has 6 heteroatoms. The minimum atomic E-state index is -0.415. The molecule has 114 valence electrons. The standard InChI is InChI=1S/C16H16N2O4/c1-21-14-6-11(7-15(9-14)22-2)10-17-18-16(20)12-4-3-5-13(19)8-12/h3-10,19H,1-2H3,(H,18,20)/b17-10+. The SMILES string of the molecule is COc1cc(/C=N/NC(=O)c2cccc(O)c2)cc(OC)c1. The average Bonchev–Trinajstić information content (AvgIpc) is 2.54. The number of ether oxygens (including phenoxy) is 2. The molecule has 0 spiro atoms. The molecule has 2 N–H and O–H groups in total. The number of nitrogens with zero attached hydrogens (tertiary/aromatic N) is 1. The number of aromatic hydroxyl groups is 1. The highest BCUT2D eigenvalue weighted by Gasteiger charge is 2.04. The van der Waals surface area contributed by atoms with Crippen molar-refractivity contribution in [2.45, 2.75) is 0 Å². The van der Waals surface area contributed by atoms with E-state index in [1.807, 2.05) is 0 Å². The van der Waals surface area contributed by atoms with Crippen LogP contribution in [-0.4, -0.2) is 31.4 Å². The van der Waals surface area contributed by atoms with Crippen LogP contribution in [0.3, 0.4) is 0 Å². The highest BCUT2D eigenvalue weighted by Crippen LogP contribution is 2.21. The number of hydrogen-bond acceptors (Lipinski definition) is 5. The van der Waals surface area contributed by atoms with Gasteiger partial charge in [-0.25, -0.2) is 5.43 Å². The summed E-state index contributed by atoms with van der Waals surface area (Å²) in [4.78, 5) is 11.8. The lowest BCUT2D eigenvalue weighted by Gasteiger charge is -2.05. The molecule has 22 heavy (non-hydrogen) atoms. The van der Waals surface area contributed by atoms with Gasteiger partial charge in [0.05, 0.1) is 20.4 Å². The summed E-state index contributed by atoms with van der Waals surface area (Å²) >= 11 is 0. The number of phenols is 1. The Balaban J connectivity index is 2.07. The van der Waals surface area contributed by atoms with Crippen molar-refractivity contribution in [3.05, 3.63) is 53.6 Å². The Morgan fingerprint density at radius 1 is 1.14 bits per heavy atom. The summed E-state index contributed by atoms with van der Waals surface area (Å²) in [7, 11) is 3.11. The number of nitrogens with one attached hydrogen (secondary N) is 1. The number of rotatable bonds is 5. The van der Waals surface area contributed by atoms with Crippen LogP contribution in [-0.2, 0) is 0 Å². The summed E-state index contributed by atoms with van der Waals surface area (Å²) in [6.45, 7) is 0. The number of phenolic OH excluding ortho intramolecular Hbond substituents is 1. The maximum absolute atomic E-state index is 11.8. The molecule has 0 saturated heterocycles. The topological polar surface area (TPSA) is 80.2 Å². The Morgan fingerprint density at radius 2 is 1.82 bits per heavy atom. The highest BCUT2D eigenvalue weighted by molar-refractivity contribution is 5.95. The molecule has 0 aromatic heterocycles. The van der Waals surface area contributed by atoms with Crippen molar-refractivity contribution < 1.29 is 19.4 Å². The van der Waals surface area contributed by atoms with Crippen LogP contribution in [0.25, 0.3) is 0 Å². The molecule has 0 radical (unpaired) electrons. The summed E-state index contributed by atoms with van der Waals surface area (Å²) in [5, 5.41) is 13.2. The van der Waals surface area contributed by atoms with E-state index >= 15 is 0 Å². The number of carbonyl (C=O) groups excluding carboxylic acids is 1. The van der Waals surface area contributed by atoms with Crippen molar-refractivity contribution >= 4 is 12.1 Å².